The van der Waals surface area contributed by atoms with Crippen molar-refractivity contribution < 1.29 is 9.94 Å². The minimum absolute atomic E-state index is 0.668. The molecule has 1 unspecified atom stereocenters. The highest BCUT2D eigenvalue weighted by atomic mass is 16.5. The second kappa shape index (κ2) is 6.48. The van der Waals surface area contributed by atoms with Gasteiger partial charge in [0.25, 0.3) is 0 Å². The summed E-state index contributed by atoms with van der Waals surface area (Å²) in [5.74, 6) is 0.936. The van der Waals surface area contributed by atoms with Crippen LogP contribution in [0.2, 0.25) is 0 Å². The summed E-state index contributed by atoms with van der Waals surface area (Å²) in [6.07, 6.45) is 6.82. The molecule has 3 rings (SSSR count). The maximum atomic E-state index is 8.94. The van der Waals surface area contributed by atoms with Crippen LogP contribution in [0, 0.1) is 0 Å². The van der Waals surface area contributed by atoms with Gasteiger partial charge in [0.05, 0.1) is 12.3 Å². The highest BCUT2D eigenvalue weighted by molar-refractivity contribution is 6.04. The van der Waals surface area contributed by atoms with Crippen molar-refractivity contribution in [3.8, 4) is 5.75 Å². The zero-order chi connectivity index (χ0) is 14.7. The SMILES string of the molecule is CN1CCCCC1CCOc1ccc2c(c1)CC/C2=N\O. The largest absolute Gasteiger partial charge is 0.494 e. The van der Waals surface area contributed by atoms with E-state index in [2.05, 4.69) is 23.2 Å². The summed E-state index contributed by atoms with van der Waals surface area (Å²) in [6.45, 7) is 1.99. The minimum atomic E-state index is 0.668. The number of ether oxygens (including phenoxy) is 1. The molecule has 1 atom stereocenters. The van der Waals surface area contributed by atoms with E-state index in [-0.39, 0.29) is 0 Å². The van der Waals surface area contributed by atoms with Crippen molar-refractivity contribution in [2.45, 2.75) is 44.6 Å². The molecule has 0 spiro atoms. The van der Waals surface area contributed by atoms with Crippen LogP contribution in [0.5, 0.6) is 5.75 Å². The van der Waals surface area contributed by atoms with E-state index < -0.39 is 0 Å². The Kier molecular flexibility index (Phi) is 4.44. The van der Waals surface area contributed by atoms with Gasteiger partial charge in [0.15, 0.2) is 0 Å². The lowest BCUT2D eigenvalue weighted by atomic mass is 10.0. The van der Waals surface area contributed by atoms with Gasteiger partial charge in [-0.05, 0) is 69.5 Å². The first-order valence-electron chi connectivity index (χ1n) is 7.95. The molecule has 0 aromatic heterocycles. The van der Waals surface area contributed by atoms with Crippen LogP contribution in [-0.4, -0.2) is 42.1 Å². The number of aryl methyl sites for hydroxylation is 1. The van der Waals surface area contributed by atoms with Gasteiger partial charge in [0.1, 0.15) is 5.75 Å². The van der Waals surface area contributed by atoms with Crippen molar-refractivity contribution in [1.82, 2.24) is 4.90 Å². The Morgan fingerprint density at radius 2 is 2.24 bits per heavy atom. The Morgan fingerprint density at radius 3 is 3.05 bits per heavy atom. The van der Waals surface area contributed by atoms with Gasteiger partial charge < -0.3 is 14.8 Å². The van der Waals surface area contributed by atoms with Gasteiger partial charge in [-0.25, -0.2) is 0 Å². The normalized spacial score (nSPS) is 24.2. The van der Waals surface area contributed by atoms with Crippen LogP contribution in [0.1, 0.15) is 43.2 Å². The van der Waals surface area contributed by atoms with Gasteiger partial charge in [-0.3, -0.25) is 0 Å². The summed E-state index contributed by atoms with van der Waals surface area (Å²) < 4.78 is 5.92. The fourth-order valence-electron chi connectivity index (χ4n) is 3.46. The van der Waals surface area contributed by atoms with Crippen molar-refractivity contribution >= 4 is 5.71 Å². The van der Waals surface area contributed by atoms with Crippen LogP contribution in [-0.2, 0) is 6.42 Å². The first kappa shape index (κ1) is 14.4. The lowest BCUT2D eigenvalue weighted by molar-refractivity contribution is 0.153. The molecule has 1 N–H and O–H groups in total. The maximum absolute atomic E-state index is 8.94. The van der Waals surface area contributed by atoms with Crippen molar-refractivity contribution in [3.05, 3.63) is 29.3 Å². The molecule has 1 heterocycles. The van der Waals surface area contributed by atoms with Crippen LogP contribution in [0.25, 0.3) is 0 Å². The molecule has 4 nitrogen and oxygen atoms in total. The molecule has 0 amide bonds. The minimum Gasteiger partial charge on any atom is -0.494 e. The molecule has 0 radical (unpaired) electrons. The molecule has 1 aromatic rings. The summed E-state index contributed by atoms with van der Waals surface area (Å²) in [6, 6.07) is 6.76. The average molecular weight is 288 g/mol. The van der Waals surface area contributed by atoms with E-state index >= 15 is 0 Å². The molecule has 1 aliphatic carbocycles. The summed E-state index contributed by atoms with van der Waals surface area (Å²) in [5.41, 5.74) is 3.09. The van der Waals surface area contributed by atoms with Crippen molar-refractivity contribution in [3.63, 3.8) is 0 Å². The number of likely N-dealkylation sites (tertiary alicyclic amines) is 1. The summed E-state index contributed by atoms with van der Waals surface area (Å²) in [5, 5.41) is 12.3. The van der Waals surface area contributed by atoms with Crippen molar-refractivity contribution in [2.75, 3.05) is 20.2 Å². The quantitative estimate of drug-likeness (QED) is 0.684. The number of nitrogens with zero attached hydrogens (tertiary/aromatic N) is 2. The summed E-state index contributed by atoms with van der Waals surface area (Å²) >= 11 is 0. The Balaban J connectivity index is 1.54. The monoisotopic (exact) mass is 288 g/mol. The Bertz CT molecular complexity index is 528. The second-order valence-corrected chi connectivity index (χ2v) is 6.13. The van der Waals surface area contributed by atoms with Crippen LogP contribution >= 0.6 is 0 Å². The van der Waals surface area contributed by atoms with Gasteiger partial charge in [-0.15, -0.1) is 0 Å². The third kappa shape index (κ3) is 3.21. The fraction of sp³-hybridized carbons (Fsp3) is 0.588. The van der Waals surface area contributed by atoms with E-state index in [4.69, 9.17) is 9.94 Å². The van der Waals surface area contributed by atoms with Crippen molar-refractivity contribution in [2.24, 2.45) is 5.16 Å². The molecule has 2 aliphatic rings. The van der Waals surface area contributed by atoms with E-state index in [1.54, 1.807) is 0 Å². The fourth-order valence-corrected chi connectivity index (χ4v) is 3.46. The predicted octanol–water partition coefficient (Wildman–Crippen LogP) is 3.06. The molecule has 1 aromatic carbocycles. The topological polar surface area (TPSA) is 45.1 Å². The second-order valence-electron chi connectivity index (χ2n) is 6.13. The van der Waals surface area contributed by atoms with E-state index in [0.29, 0.717) is 6.04 Å². The Labute approximate surface area is 126 Å². The number of fused-ring (bicyclic) bond motifs is 1. The maximum Gasteiger partial charge on any atom is 0.119 e. The third-order valence-electron chi connectivity index (χ3n) is 4.78. The number of hydrogen-bond acceptors (Lipinski definition) is 4. The van der Waals surface area contributed by atoms with E-state index in [1.807, 2.05) is 12.1 Å². The van der Waals surface area contributed by atoms with Gasteiger partial charge in [-0.2, -0.15) is 0 Å². The first-order chi connectivity index (χ1) is 10.3. The first-order valence-corrected chi connectivity index (χ1v) is 7.95. The smallest absolute Gasteiger partial charge is 0.119 e. The van der Waals surface area contributed by atoms with E-state index in [0.717, 1.165) is 42.9 Å². The Morgan fingerprint density at radius 1 is 1.33 bits per heavy atom. The molecule has 114 valence electrons. The van der Waals surface area contributed by atoms with Gasteiger partial charge in [0, 0.05) is 11.6 Å². The molecule has 1 saturated heterocycles. The predicted molar refractivity (Wildman–Crippen MR) is 83.5 cm³/mol. The molecule has 21 heavy (non-hydrogen) atoms. The lowest BCUT2D eigenvalue weighted by Gasteiger charge is -2.32. The van der Waals surface area contributed by atoms with Gasteiger partial charge in [-0.1, -0.05) is 11.6 Å². The van der Waals surface area contributed by atoms with Crippen LogP contribution < -0.4 is 4.74 Å². The zero-order valence-corrected chi connectivity index (χ0v) is 12.7. The highest BCUT2D eigenvalue weighted by Crippen LogP contribution is 2.27. The third-order valence-corrected chi connectivity index (χ3v) is 4.78. The lowest BCUT2D eigenvalue weighted by Crippen LogP contribution is -2.37. The van der Waals surface area contributed by atoms with E-state index in [1.165, 1.54) is 31.4 Å². The van der Waals surface area contributed by atoms with Crippen molar-refractivity contribution in [1.29, 1.82) is 0 Å². The molecule has 0 saturated carbocycles. The van der Waals surface area contributed by atoms with Gasteiger partial charge >= 0.3 is 0 Å². The molecule has 4 heteroatoms. The molecule has 1 fully saturated rings. The molecular weight excluding hydrogens is 264 g/mol. The molecule has 0 bridgehead atoms. The molecule has 1 aliphatic heterocycles. The summed E-state index contributed by atoms with van der Waals surface area (Å²) in [4.78, 5) is 2.46. The summed E-state index contributed by atoms with van der Waals surface area (Å²) in [7, 11) is 2.22. The number of hydrogen-bond donors (Lipinski definition) is 1. The molecular formula is C17H24N2O2. The zero-order valence-electron chi connectivity index (χ0n) is 12.7. The van der Waals surface area contributed by atoms with Crippen LogP contribution in [0.15, 0.2) is 23.4 Å². The number of oxime groups is 1. The Hall–Kier alpha value is -1.55. The number of piperidine rings is 1. The van der Waals surface area contributed by atoms with Gasteiger partial charge in [0.2, 0.25) is 0 Å². The van der Waals surface area contributed by atoms with Crippen LogP contribution in [0.3, 0.4) is 0 Å². The van der Waals surface area contributed by atoms with Crippen LogP contribution in [0.4, 0.5) is 0 Å². The average Bonchev–Trinajstić information content (AvgIpc) is 2.91. The van der Waals surface area contributed by atoms with E-state index in [9.17, 15) is 0 Å². The number of rotatable bonds is 4. The highest BCUT2D eigenvalue weighted by Gasteiger charge is 2.20. The number of benzene rings is 1. The standard InChI is InChI=1S/C17H24N2O2/c1-19-10-3-2-4-14(19)9-11-21-15-6-7-16-13(12-15)5-8-17(16)18-20/h6-7,12,14,20H,2-5,8-11H2,1H3/b18-17+.